The lowest BCUT2D eigenvalue weighted by molar-refractivity contribution is -0.384. The summed E-state index contributed by atoms with van der Waals surface area (Å²) in [5, 5.41) is 19.6. The molecule has 0 bridgehead atoms. The minimum atomic E-state index is -0.398. The minimum absolute atomic E-state index is 0.0551. The van der Waals surface area contributed by atoms with E-state index in [1.54, 1.807) is 24.1 Å². The number of aryl methyl sites for hydroxylation is 1. The van der Waals surface area contributed by atoms with Gasteiger partial charge in [0, 0.05) is 19.2 Å². The van der Waals surface area contributed by atoms with Gasteiger partial charge in [0.05, 0.1) is 17.4 Å². The van der Waals surface area contributed by atoms with Crippen molar-refractivity contribution in [1.29, 1.82) is 5.26 Å². The van der Waals surface area contributed by atoms with Gasteiger partial charge in [-0.1, -0.05) is 6.07 Å². The Morgan fingerprint density at radius 2 is 2.24 bits per heavy atom. The summed E-state index contributed by atoms with van der Waals surface area (Å²) < 4.78 is 0. The van der Waals surface area contributed by atoms with Gasteiger partial charge in [0.1, 0.15) is 5.69 Å². The number of benzene rings is 1. The van der Waals surface area contributed by atoms with Crippen molar-refractivity contribution < 1.29 is 4.92 Å². The van der Waals surface area contributed by atoms with Crippen molar-refractivity contribution in [2.24, 2.45) is 0 Å². The summed E-state index contributed by atoms with van der Waals surface area (Å²) in [4.78, 5) is 12.3. The average molecular weight is 233 g/mol. The third kappa shape index (κ3) is 2.94. The zero-order valence-electron chi connectivity index (χ0n) is 10.2. The topological polar surface area (TPSA) is 70.2 Å². The van der Waals surface area contributed by atoms with Crippen molar-refractivity contribution in [1.82, 2.24) is 0 Å². The summed E-state index contributed by atoms with van der Waals surface area (Å²) in [6, 6.07) is 7.00. The van der Waals surface area contributed by atoms with Crippen LogP contribution in [-0.2, 0) is 0 Å². The third-order valence-corrected chi connectivity index (χ3v) is 2.76. The first-order valence-electron chi connectivity index (χ1n) is 5.32. The molecule has 0 saturated carbocycles. The zero-order valence-corrected chi connectivity index (χ0v) is 10.2. The molecule has 0 aliphatic carbocycles. The largest absolute Gasteiger partial charge is 0.365 e. The molecule has 5 nitrogen and oxygen atoms in total. The van der Waals surface area contributed by atoms with E-state index in [0.29, 0.717) is 12.1 Å². The Hall–Kier alpha value is -2.09. The van der Waals surface area contributed by atoms with Crippen molar-refractivity contribution in [3.8, 4) is 6.07 Å². The van der Waals surface area contributed by atoms with Crippen LogP contribution in [0.25, 0.3) is 0 Å². The molecule has 5 heteroatoms. The van der Waals surface area contributed by atoms with Gasteiger partial charge in [0.25, 0.3) is 5.69 Å². The Morgan fingerprint density at radius 3 is 2.76 bits per heavy atom. The quantitative estimate of drug-likeness (QED) is 0.592. The van der Waals surface area contributed by atoms with Gasteiger partial charge in [0.15, 0.2) is 0 Å². The van der Waals surface area contributed by atoms with Crippen molar-refractivity contribution in [3.63, 3.8) is 0 Å². The van der Waals surface area contributed by atoms with Crippen LogP contribution in [0.3, 0.4) is 0 Å². The maximum atomic E-state index is 10.9. The average Bonchev–Trinajstić information content (AvgIpc) is 2.27. The van der Waals surface area contributed by atoms with Gasteiger partial charge in [0.2, 0.25) is 0 Å². The fourth-order valence-electron chi connectivity index (χ4n) is 1.58. The van der Waals surface area contributed by atoms with Gasteiger partial charge in [-0.3, -0.25) is 10.1 Å². The number of nitro benzene ring substituents is 1. The number of nitro groups is 1. The molecule has 0 saturated heterocycles. The summed E-state index contributed by atoms with van der Waals surface area (Å²) in [7, 11) is 1.77. The molecule has 0 spiro atoms. The van der Waals surface area contributed by atoms with E-state index in [-0.39, 0.29) is 11.7 Å². The summed E-state index contributed by atoms with van der Waals surface area (Å²) in [5.41, 5.74) is 1.59. The maximum Gasteiger partial charge on any atom is 0.292 e. The summed E-state index contributed by atoms with van der Waals surface area (Å²) in [6.07, 6.45) is 0.335. The molecule has 0 radical (unpaired) electrons. The lowest BCUT2D eigenvalue weighted by Crippen LogP contribution is -2.29. The van der Waals surface area contributed by atoms with E-state index in [0.717, 1.165) is 5.56 Å². The molecular formula is C12H15N3O2. The number of hydrogen-bond donors (Lipinski definition) is 0. The second-order valence-electron chi connectivity index (χ2n) is 4.07. The molecule has 17 heavy (non-hydrogen) atoms. The van der Waals surface area contributed by atoms with Crippen LogP contribution >= 0.6 is 0 Å². The fraction of sp³-hybridized carbons (Fsp3) is 0.417. The molecule has 1 unspecified atom stereocenters. The lowest BCUT2D eigenvalue weighted by atomic mass is 10.1. The van der Waals surface area contributed by atoms with Gasteiger partial charge in [-0.05, 0) is 25.5 Å². The highest BCUT2D eigenvalue weighted by atomic mass is 16.6. The SMILES string of the molecule is Cc1ccc([N+](=O)[O-])c(N(C)C(C)CC#N)c1. The summed E-state index contributed by atoms with van der Waals surface area (Å²) in [5.74, 6) is 0. The lowest BCUT2D eigenvalue weighted by Gasteiger charge is -2.25. The predicted molar refractivity (Wildman–Crippen MR) is 65.9 cm³/mol. The molecule has 0 heterocycles. The number of hydrogen-bond acceptors (Lipinski definition) is 4. The Bertz CT molecular complexity index is 465. The van der Waals surface area contributed by atoms with Crippen LogP contribution in [-0.4, -0.2) is 18.0 Å². The summed E-state index contributed by atoms with van der Waals surface area (Å²) >= 11 is 0. The second-order valence-corrected chi connectivity index (χ2v) is 4.07. The van der Waals surface area contributed by atoms with E-state index in [1.807, 2.05) is 13.8 Å². The first-order valence-corrected chi connectivity index (χ1v) is 5.32. The molecule has 90 valence electrons. The summed E-state index contributed by atoms with van der Waals surface area (Å²) in [6.45, 7) is 3.76. The van der Waals surface area contributed by atoms with Crippen LogP contribution < -0.4 is 4.90 Å². The van der Waals surface area contributed by atoms with Crippen LogP contribution in [0.1, 0.15) is 18.9 Å². The van der Waals surface area contributed by atoms with E-state index >= 15 is 0 Å². The van der Waals surface area contributed by atoms with Gasteiger partial charge in [-0.2, -0.15) is 5.26 Å². The highest BCUT2D eigenvalue weighted by Gasteiger charge is 2.20. The number of anilines is 1. The molecule has 1 aromatic rings. The van der Waals surface area contributed by atoms with Gasteiger partial charge in [-0.25, -0.2) is 0 Å². The van der Waals surface area contributed by atoms with Crippen LogP contribution in [0.5, 0.6) is 0 Å². The smallest absolute Gasteiger partial charge is 0.292 e. The Kier molecular flexibility index (Phi) is 4.05. The van der Waals surface area contributed by atoms with Crippen LogP contribution in [0.4, 0.5) is 11.4 Å². The Morgan fingerprint density at radius 1 is 1.59 bits per heavy atom. The number of nitriles is 1. The van der Waals surface area contributed by atoms with E-state index < -0.39 is 4.92 Å². The van der Waals surface area contributed by atoms with E-state index in [1.165, 1.54) is 6.07 Å². The molecule has 1 atom stereocenters. The fourth-order valence-corrected chi connectivity index (χ4v) is 1.58. The maximum absolute atomic E-state index is 10.9. The Labute approximate surface area is 100 Å². The molecule has 0 amide bonds. The van der Waals surface area contributed by atoms with Crippen molar-refractivity contribution >= 4 is 11.4 Å². The minimum Gasteiger partial charge on any atom is -0.365 e. The number of nitrogens with zero attached hydrogens (tertiary/aromatic N) is 3. The van der Waals surface area contributed by atoms with Crippen LogP contribution in [0.15, 0.2) is 18.2 Å². The molecular weight excluding hydrogens is 218 g/mol. The Balaban J connectivity index is 3.15. The number of rotatable bonds is 4. The standard InChI is InChI=1S/C12H15N3O2/c1-9-4-5-11(15(16)17)12(8-9)14(3)10(2)6-7-13/h4-5,8,10H,6H2,1-3H3. The molecule has 0 aliphatic heterocycles. The zero-order chi connectivity index (χ0) is 13.0. The first kappa shape index (κ1) is 13.0. The third-order valence-electron chi connectivity index (χ3n) is 2.76. The van der Waals surface area contributed by atoms with Crippen molar-refractivity contribution in [3.05, 3.63) is 33.9 Å². The molecule has 0 aromatic heterocycles. The van der Waals surface area contributed by atoms with Gasteiger partial charge < -0.3 is 4.90 Å². The molecule has 0 aliphatic rings. The molecule has 0 N–H and O–H groups in total. The van der Waals surface area contributed by atoms with Crippen LogP contribution in [0, 0.1) is 28.4 Å². The predicted octanol–water partition coefficient (Wildman–Crippen LogP) is 2.64. The van der Waals surface area contributed by atoms with E-state index in [2.05, 4.69) is 6.07 Å². The van der Waals surface area contributed by atoms with Crippen molar-refractivity contribution in [2.75, 3.05) is 11.9 Å². The van der Waals surface area contributed by atoms with E-state index in [9.17, 15) is 10.1 Å². The van der Waals surface area contributed by atoms with Crippen molar-refractivity contribution in [2.45, 2.75) is 26.3 Å². The highest BCUT2D eigenvalue weighted by Crippen LogP contribution is 2.29. The molecule has 1 rings (SSSR count). The first-order chi connectivity index (χ1) is 7.97. The normalized spacial score (nSPS) is 11.6. The van der Waals surface area contributed by atoms with Gasteiger partial charge >= 0.3 is 0 Å². The van der Waals surface area contributed by atoms with Gasteiger partial charge in [-0.15, -0.1) is 0 Å². The molecule has 1 aromatic carbocycles. The molecule has 0 fully saturated rings. The monoisotopic (exact) mass is 233 g/mol. The highest BCUT2D eigenvalue weighted by molar-refractivity contribution is 5.64. The second kappa shape index (κ2) is 5.30. The van der Waals surface area contributed by atoms with Crippen LogP contribution in [0.2, 0.25) is 0 Å². The van der Waals surface area contributed by atoms with E-state index in [4.69, 9.17) is 5.26 Å².